The number of nitrogens with zero attached hydrogens (tertiary/aromatic N) is 2. The van der Waals surface area contributed by atoms with Crippen LogP contribution in [0.5, 0.6) is 0 Å². The van der Waals surface area contributed by atoms with E-state index in [-0.39, 0.29) is 5.76 Å². The summed E-state index contributed by atoms with van der Waals surface area (Å²) in [5, 5.41) is 17.5. The average molecular weight is 266 g/mol. The molecule has 1 N–H and O–H groups in total. The Morgan fingerprint density at radius 3 is 2.84 bits per heavy atom. The molecule has 0 amide bonds. The van der Waals surface area contributed by atoms with Crippen LogP contribution in [0.2, 0.25) is 0 Å². The fraction of sp³-hybridized carbons (Fsp3) is 0.538. The van der Waals surface area contributed by atoms with Gasteiger partial charge in [-0.2, -0.15) is 5.26 Å². The largest absolute Gasteiger partial charge is 0.475 e. The van der Waals surface area contributed by atoms with Crippen LogP contribution < -0.4 is 0 Å². The van der Waals surface area contributed by atoms with Crippen molar-refractivity contribution in [3.8, 4) is 6.07 Å². The highest BCUT2D eigenvalue weighted by Crippen LogP contribution is 2.17. The van der Waals surface area contributed by atoms with E-state index in [0.717, 1.165) is 5.56 Å². The molecule has 0 aromatic carbocycles. The Morgan fingerprint density at radius 2 is 2.32 bits per heavy atom. The Balaban J connectivity index is 2.71. The second-order valence-corrected chi connectivity index (χ2v) is 4.17. The minimum absolute atomic E-state index is 0.0560. The lowest BCUT2D eigenvalue weighted by molar-refractivity contribution is 0.0661. The van der Waals surface area contributed by atoms with Gasteiger partial charge in [0.05, 0.1) is 12.7 Å². The van der Waals surface area contributed by atoms with Gasteiger partial charge in [0.25, 0.3) is 0 Å². The first kappa shape index (κ1) is 15.2. The molecule has 0 spiro atoms. The minimum atomic E-state index is -1.07. The molecule has 0 saturated carbocycles. The monoisotopic (exact) mass is 266 g/mol. The third-order valence-corrected chi connectivity index (χ3v) is 2.78. The van der Waals surface area contributed by atoms with E-state index in [1.54, 1.807) is 14.0 Å². The van der Waals surface area contributed by atoms with Crippen LogP contribution in [-0.4, -0.2) is 42.8 Å². The molecule has 1 heterocycles. The third kappa shape index (κ3) is 4.73. The molecular formula is C13H18N2O4. The molecule has 6 heteroatoms. The summed E-state index contributed by atoms with van der Waals surface area (Å²) in [5.74, 6) is -0.536. The standard InChI is InChI=1S/C13H18N2O4/c1-10-11(8-12(19-10)13(16)17)9-15(5-3-4-14)6-7-18-2/h8H,3,5-7,9H2,1-2H3,(H,16,17). The van der Waals surface area contributed by atoms with Crippen molar-refractivity contribution < 1.29 is 19.1 Å². The Labute approximate surface area is 112 Å². The number of rotatable bonds is 8. The van der Waals surface area contributed by atoms with Crippen LogP contribution in [0.25, 0.3) is 0 Å². The van der Waals surface area contributed by atoms with Gasteiger partial charge in [0.1, 0.15) is 5.76 Å². The molecule has 0 aliphatic carbocycles. The van der Waals surface area contributed by atoms with Crippen LogP contribution in [0.3, 0.4) is 0 Å². The van der Waals surface area contributed by atoms with E-state index in [9.17, 15) is 4.79 Å². The summed E-state index contributed by atoms with van der Waals surface area (Å²) in [6, 6.07) is 3.63. The molecule has 0 radical (unpaired) electrons. The number of furan rings is 1. The van der Waals surface area contributed by atoms with Gasteiger partial charge < -0.3 is 14.3 Å². The van der Waals surface area contributed by atoms with Gasteiger partial charge in [-0.05, 0) is 13.0 Å². The normalized spacial score (nSPS) is 10.6. The molecule has 0 fully saturated rings. The van der Waals surface area contributed by atoms with E-state index in [0.29, 0.717) is 38.4 Å². The smallest absolute Gasteiger partial charge is 0.371 e. The van der Waals surface area contributed by atoms with Crippen molar-refractivity contribution in [2.24, 2.45) is 0 Å². The highest BCUT2D eigenvalue weighted by atomic mass is 16.5. The summed E-state index contributed by atoms with van der Waals surface area (Å²) in [6.45, 7) is 4.15. The molecule has 0 atom stereocenters. The van der Waals surface area contributed by atoms with E-state index in [2.05, 4.69) is 6.07 Å². The Bertz CT molecular complexity index is 462. The van der Waals surface area contributed by atoms with Crippen molar-refractivity contribution in [3.63, 3.8) is 0 Å². The second-order valence-electron chi connectivity index (χ2n) is 4.17. The van der Waals surface area contributed by atoms with Gasteiger partial charge in [0, 0.05) is 38.7 Å². The summed E-state index contributed by atoms with van der Waals surface area (Å²) < 4.78 is 10.2. The van der Waals surface area contributed by atoms with Gasteiger partial charge in [-0.3, -0.25) is 4.90 Å². The number of aromatic carboxylic acids is 1. The highest BCUT2D eigenvalue weighted by Gasteiger charge is 2.15. The predicted octanol–water partition coefficient (Wildman–Crippen LogP) is 1.65. The zero-order valence-corrected chi connectivity index (χ0v) is 11.2. The first-order chi connectivity index (χ1) is 9.08. The van der Waals surface area contributed by atoms with E-state index in [4.69, 9.17) is 19.5 Å². The summed E-state index contributed by atoms with van der Waals surface area (Å²) >= 11 is 0. The van der Waals surface area contributed by atoms with Crippen LogP contribution in [0.1, 0.15) is 28.3 Å². The molecule has 104 valence electrons. The van der Waals surface area contributed by atoms with Gasteiger partial charge in [-0.15, -0.1) is 0 Å². The van der Waals surface area contributed by atoms with Crippen molar-refractivity contribution >= 4 is 5.97 Å². The van der Waals surface area contributed by atoms with Crippen LogP contribution in [-0.2, 0) is 11.3 Å². The number of carboxylic acid groups (broad SMARTS) is 1. The Hall–Kier alpha value is -1.84. The fourth-order valence-corrected chi connectivity index (χ4v) is 1.72. The van der Waals surface area contributed by atoms with Crippen molar-refractivity contribution in [2.45, 2.75) is 19.9 Å². The van der Waals surface area contributed by atoms with Crippen molar-refractivity contribution in [1.29, 1.82) is 5.26 Å². The van der Waals surface area contributed by atoms with Gasteiger partial charge in [0.2, 0.25) is 5.76 Å². The van der Waals surface area contributed by atoms with E-state index < -0.39 is 5.97 Å². The van der Waals surface area contributed by atoms with Crippen LogP contribution in [0, 0.1) is 18.3 Å². The number of carboxylic acids is 1. The molecule has 0 aliphatic heterocycles. The average Bonchev–Trinajstić information content (AvgIpc) is 2.74. The molecule has 0 aliphatic rings. The van der Waals surface area contributed by atoms with E-state index in [1.165, 1.54) is 6.07 Å². The van der Waals surface area contributed by atoms with Crippen LogP contribution >= 0.6 is 0 Å². The summed E-state index contributed by atoms with van der Waals surface area (Å²) in [4.78, 5) is 12.9. The first-order valence-electron chi connectivity index (χ1n) is 5.99. The summed E-state index contributed by atoms with van der Waals surface area (Å²) in [5.41, 5.74) is 0.825. The number of nitriles is 1. The number of hydrogen-bond acceptors (Lipinski definition) is 5. The van der Waals surface area contributed by atoms with E-state index >= 15 is 0 Å². The van der Waals surface area contributed by atoms with Crippen LogP contribution in [0.4, 0.5) is 0 Å². The quantitative estimate of drug-likeness (QED) is 0.769. The lowest BCUT2D eigenvalue weighted by Crippen LogP contribution is -2.28. The maximum absolute atomic E-state index is 10.8. The van der Waals surface area contributed by atoms with Gasteiger partial charge in [-0.25, -0.2) is 4.79 Å². The zero-order valence-electron chi connectivity index (χ0n) is 11.2. The molecule has 19 heavy (non-hydrogen) atoms. The lowest BCUT2D eigenvalue weighted by Gasteiger charge is -2.20. The van der Waals surface area contributed by atoms with Crippen LogP contribution in [0.15, 0.2) is 10.5 Å². The van der Waals surface area contributed by atoms with Crippen molar-refractivity contribution in [2.75, 3.05) is 26.8 Å². The fourth-order valence-electron chi connectivity index (χ4n) is 1.72. The molecule has 0 unspecified atom stereocenters. The minimum Gasteiger partial charge on any atom is -0.475 e. The Kier molecular flexibility index (Phi) is 6.06. The Morgan fingerprint density at radius 1 is 1.58 bits per heavy atom. The van der Waals surface area contributed by atoms with Crippen molar-refractivity contribution in [3.05, 3.63) is 23.2 Å². The maximum Gasteiger partial charge on any atom is 0.371 e. The highest BCUT2D eigenvalue weighted by molar-refractivity contribution is 5.84. The predicted molar refractivity (Wildman–Crippen MR) is 67.8 cm³/mol. The number of aryl methyl sites for hydroxylation is 1. The first-order valence-corrected chi connectivity index (χ1v) is 5.99. The molecule has 1 aromatic heterocycles. The molecule has 1 rings (SSSR count). The van der Waals surface area contributed by atoms with Gasteiger partial charge in [0.15, 0.2) is 0 Å². The molecule has 0 saturated heterocycles. The van der Waals surface area contributed by atoms with Gasteiger partial charge >= 0.3 is 5.97 Å². The number of methoxy groups -OCH3 is 1. The SMILES string of the molecule is COCCN(CCC#N)Cc1cc(C(=O)O)oc1C. The van der Waals surface area contributed by atoms with E-state index in [1.807, 2.05) is 4.90 Å². The molecular weight excluding hydrogens is 248 g/mol. The third-order valence-electron chi connectivity index (χ3n) is 2.78. The van der Waals surface area contributed by atoms with Gasteiger partial charge in [-0.1, -0.05) is 0 Å². The number of hydrogen-bond donors (Lipinski definition) is 1. The number of ether oxygens (including phenoxy) is 1. The summed E-state index contributed by atoms with van der Waals surface area (Å²) in [6.07, 6.45) is 0.423. The maximum atomic E-state index is 10.8. The van der Waals surface area contributed by atoms with Crippen molar-refractivity contribution in [1.82, 2.24) is 4.90 Å². The number of carbonyl (C=O) groups is 1. The topological polar surface area (TPSA) is 86.7 Å². The lowest BCUT2D eigenvalue weighted by atomic mass is 10.2. The molecule has 6 nitrogen and oxygen atoms in total. The summed E-state index contributed by atoms with van der Waals surface area (Å²) in [7, 11) is 1.62. The molecule has 1 aromatic rings. The second kappa shape index (κ2) is 7.56. The zero-order chi connectivity index (χ0) is 14.3. The molecule has 0 bridgehead atoms.